The van der Waals surface area contributed by atoms with E-state index in [1.165, 1.54) is 35.6 Å². The third-order valence-electron chi connectivity index (χ3n) is 8.34. The molecule has 7 heteroatoms. The zero-order valence-corrected chi connectivity index (χ0v) is 18.9. The van der Waals surface area contributed by atoms with Gasteiger partial charge in [-0.2, -0.15) is 0 Å². The van der Waals surface area contributed by atoms with E-state index in [0.717, 1.165) is 44.5 Å². The predicted octanol–water partition coefficient (Wildman–Crippen LogP) is 3.85. The van der Waals surface area contributed by atoms with Crippen LogP contribution in [0.1, 0.15) is 48.9 Å². The Balaban J connectivity index is 1.40. The van der Waals surface area contributed by atoms with E-state index in [1.54, 1.807) is 7.05 Å². The summed E-state index contributed by atoms with van der Waals surface area (Å²) in [6, 6.07) is 2.43. The molecule has 3 aliphatic heterocycles. The molecule has 1 aromatic carbocycles. The van der Waals surface area contributed by atoms with Crippen molar-refractivity contribution in [2.75, 3.05) is 19.6 Å². The van der Waals surface area contributed by atoms with Gasteiger partial charge in [0, 0.05) is 38.4 Å². The molecule has 2 bridgehead atoms. The molecule has 174 valence electrons. The second-order valence-corrected chi connectivity index (χ2v) is 10.3. The third kappa shape index (κ3) is 3.27. The zero-order chi connectivity index (χ0) is 22.9. The largest absolute Gasteiger partial charge is 0.347 e. The first-order chi connectivity index (χ1) is 15.9. The molecule has 1 aromatic heterocycles. The molecule has 33 heavy (non-hydrogen) atoms. The molecule has 3 fully saturated rings. The quantitative estimate of drug-likeness (QED) is 0.617. The van der Waals surface area contributed by atoms with Gasteiger partial charge >= 0.3 is 0 Å². The van der Waals surface area contributed by atoms with Crippen LogP contribution in [0, 0.1) is 23.5 Å². The van der Waals surface area contributed by atoms with E-state index in [-0.39, 0.29) is 28.4 Å². The first kappa shape index (κ1) is 21.0. The molecule has 6 rings (SSSR count). The number of amides is 1. The van der Waals surface area contributed by atoms with Crippen molar-refractivity contribution in [1.29, 1.82) is 0 Å². The molecule has 0 radical (unpaired) electrons. The number of carbonyl (C=O) groups excluding carboxylic acids is 1. The second kappa shape index (κ2) is 7.76. The van der Waals surface area contributed by atoms with E-state index >= 15 is 0 Å². The molecule has 0 N–H and O–H groups in total. The molecule has 0 spiro atoms. The van der Waals surface area contributed by atoms with Crippen LogP contribution in [0.5, 0.6) is 0 Å². The molecule has 4 heterocycles. The van der Waals surface area contributed by atoms with Gasteiger partial charge in [0.1, 0.15) is 17.2 Å². The van der Waals surface area contributed by atoms with Crippen molar-refractivity contribution in [3.05, 3.63) is 57.4 Å². The Hall–Kier alpha value is -2.54. The van der Waals surface area contributed by atoms with Crippen LogP contribution in [0.3, 0.4) is 0 Å². The van der Waals surface area contributed by atoms with Crippen molar-refractivity contribution >= 4 is 16.8 Å². The number of hydrogen-bond donors (Lipinski definition) is 0. The normalized spacial score (nSPS) is 29.4. The number of aryl methyl sites for hydroxylation is 1. The lowest BCUT2D eigenvalue weighted by Gasteiger charge is -2.54. The predicted molar refractivity (Wildman–Crippen MR) is 122 cm³/mol. The van der Waals surface area contributed by atoms with Crippen molar-refractivity contribution in [3.63, 3.8) is 0 Å². The molecule has 4 unspecified atom stereocenters. The Bertz CT molecular complexity index is 1240. The summed E-state index contributed by atoms with van der Waals surface area (Å²) in [7, 11) is 1.59. The van der Waals surface area contributed by atoms with Crippen LogP contribution in [0.2, 0.25) is 0 Å². The molecular weight excluding hydrogens is 424 g/mol. The Morgan fingerprint density at radius 1 is 1.12 bits per heavy atom. The average molecular weight is 454 g/mol. The van der Waals surface area contributed by atoms with E-state index < -0.39 is 17.1 Å². The number of benzene rings is 1. The minimum Gasteiger partial charge on any atom is -0.347 e. The monoisotopic (exact) mass is 453 g/mol. The highest BCUT2D eigenvalue weighted by Gasteiger charge is 2.47. The highest BCUT2D eigenvalue weighted by atomic mass is 19.1. The van der Waals surface area contributed by atoms with E-state index in [2.05, 4.69) is 11.0 Å². The number of likely N-dealkylation sites (tertiary alicyclic amines) is 1. The first-order valence-electron chi connectivity index (χ1n) is 12.2. The van der Waals surface area contributed by atoms with Crippen molar-refractivity contribution in [3.8, 4) is 0 Å². The maximum absolute atomic E-state index is 14.4. The van der Waals surface area contributed by atoms with Crippen molar-refractivity contribution in [2.45, 2.75) is 50.6 Å². The maximum Gasteiger partial charge on any atom is 0.259 e. The topological polar surface area (TPSA) is 45.6 Å². The molecule has 2 aromatic rings. The Kier molecular flexibility index (Phi) is 4.94. The summed E-state index contributed by atoms with van der Waals surface area (Å²) in [4.78, 5) is 31.5. The van der Waals surface area contributed by atoms with Crippen LogP contribution < -0.4 is 5.43 Å². The van der Waals surface area contributed by atoms with Crippen LogP contribution in [0.15, 0.2) is 34.8 Å². The number of rotatable bonds is 1. The van der Waals surface area contributed by atoms with Gasteiger partial charge in [0.15, 0.2) is 0 Å². The molecule has 1 aliphatic carbocycles. The molecule has 1 amide bonds. The number of hydrogen-bond acceptors (Lipinski definition) is 3. The highest BCUT2D eigenvalue weighted by molar-refractivity contribution is 5.98. The lowest BCUT2D eigenvalue weighted by molar-refractivity contribution is 0.00142. The highest BCUT2D eigenvalue weighted by Crippen LogP contribution is 2.45. The van der Waals surface area contributed by atoms with Crippen molar-refractivity contribution in [2.24, 2.45) is 18.9 Å². The Morgan fingerprint density at radius 3 is 2.82 bits per heavy atom. The van der Waals surface area contributed by atoms with Gasteiger partial charge in [-0.05, 0) is 56.6 Å². The van der Waals surface area contributed by atoms with Gasteiger partial charge in [-0.25, -0.2) is 8.78 Å². The number of carbonyl (C=O) groups is 1. The summed E-state index contributed by atoms with van der Waals surface area (Å²) in [6.45, 7) is 2.73. The molecule has 0 saturated carbocycles. The van der Waals surface area contributed by atoms with Crippen LogP contribution >= 0.6 is 0 Å². The number of nitrogens with zero attached hydrogens (tertiary/aromatic N) is 3. The lowest BCUT2D eigenvalue weighted by Crippen LogP contribution is -2.60. The lowest BCUT2D eigenvalue weighted by atomic mass is 9.68. The summed E-state index contributed by atoms with van der Waals surface area (Å²) >= 11 is 0. The van der Waals surface area contributed by atoms with Gasteiger partial charge in [-0.1, -0.05) is 18.1 Å². The van der Waals surface area contributed by atoms with Crippen LogP contribution in [0.25, 0.3) is 10.9 Å². The third-order valence-corrected chi connectivity index (χ3v) is 8.34. The van der Waals surface area contributed by atoms with Gasteiger partial charge in [0.05, 0.1) is 16.9 Å². The zero-order valence-electron chi connectivity index (χ0n) is 18.9. The molecule has 4 atom stereocenters. The van der Waals surface area contributed by atoms with Gasteiger partial charge in [0.2, 0.25) is 5.43 Å². The van der Waals surface area contributed by atoms with Gasteiger partial charge in [-0.15, -0.1) is 0 Å². The number of halogens is 2. The minimum atomic E-state index is -0.818. The smallest absolute Gasteiger partial charge is 0.259 e. The minimum absolute atomic E-state index is 0.00923. The number of pyridine rings is 1. The van der Waals surface area contributed by atoms with E-state index in [9.17, 15) is 18.4 Å². The molecular formula is C26H29F2N3O2. The molecule has 3 saturated heterocycles. The fraction of sp³-hybridized carbons (Fsp3) is 0.538. The van der Waals surface area contributed by atoms with E-state index in [1.807, 2.05) is 4.90 Å². The Morgan fingerprint density at radius 2 is 1.97 bits per heavy atom. The summed E-state index contributed by atoms with van der Waals surface area (Å²) < 4.78 is 29.7. The Labute approximate surface area is 191 Å². The average Bonchev–Trinajstić information content (AvgIpc) is 2.80. The van der Waals surface area contributed by atoms with Crippen molar-refractivity contribution in [1.82, 2.24) is 14.4 Å². The maximum atomic E-state index is 14.4. The summed E-state index contributed by atoms with van der Waals surface area (Å²) in [6.07, 6.45) is 10.6. The van der Waals surface area contributed by atoms with Gasteiger partial charge in [0.25, 0.3) is 5.91 Å². The fourth-order valence-electron chi connectivity index (χ4n) is 7.07. The van der Waals surface area contributed by atoms with Crippen LogP contribution in [0.4, 0.5) is 8.78 Å². The first-order valence-corrected chi connectivity index (χ1v) is 12.2. The second-order valence-electron chi connectivity index (χ2n) is 10.3. The van der Waals surface area contributed by atoms with Gasteiger partial charge in [-0.3, -0.25) is 14.5 Å². The number of aromatic nitrogens is 1. The fourth-order valence-corrected chi connectivity index (χ4v) is 7.07. The molecule has 5 nitrogen and oxygen atoms in total. The number of fused-ring (bicyclic) bond motifs is 7. The summed E-state index contributed by atoms with van der Waals surface area (Å²) in [5, 5.41) is -0.0915. The van der Waals surface area contributed by atoms with Gasteiger partial charge < -0.3 is 9.47 Å². The van der Waals surface area contributed by atoms with Crippen LogP contribution in [-0.4, -0.2) is 52.0 Å². The molecule has 4 aliphatic rings. The standard InChI is InChI=1S/C26H29F2N3O2/c1-29-14-20(25(32)19-11-18(27)12-21(28)24(19)29)26(33)31-8-4-5-15-9-16-10-17(23(15)31)13-30-7-3-2-6-22(16)30/h9,11-12,14,16-17,22-23H,2-8,10,13H2,1H3. The van der Waals surface area contributed by atoms with Crippen molar-refractivity contribution < 1.29 is 13.6 Å². The van der Waals surface area contributed by atoms with E-state index in [0.29, 0.717) is 24.4 Å². The summed E-state index contributed by atoms with van der Waals surface area (Å²) in [5.41, 5.74) is 0.748. The summed E-state index contributed by atoms with van der Waals surface area (Å²) in [5.74, 6) is -1.01. The number of piperidine rings is 3. The van der Waals surface area contributed by atoms with Crippen LogP contribution in [-0.2, 0) is 7.05 Å². The SMILES string of the molecule is Cn1cc(C(=O)N2CCCC3=CC4CC(CN5CCCCC45)C32)c(=O)c2cc(F)cc(F)c21. The van der Waals surface area contributed by atoms with E-state index in [4.69, 9.17) is 0 Å².